The molecule has 0 saturated carbocycles. The van der Waals surface area contributed by atoms with Crippen molar-refractivity contribution in [2.75, 3.05) is 26.4 Å². The van der Waals surface area contributed by atoms with Crippen molar-refractivity contribution in [1.29, 1.82) is 0 Å². The van der Waals surface area contributed by atoms with Gasteiger partial charge in [0.1, 0.15) is 12.4 Å². The average Bonchev–Trinajstić information content (AvgIpc) is 2.46. The van der Waals surface area contributed by atoms with Crippen molar-refractivity contribution in [2.24, 2.45) is 0 Å². The Morgan fingerprint density at radius 3 is 2.89 bits per heavy atom. The Morgan fingerprint density at radius 1 is 1.37 bits per heavy atom. The zero-order valence-electron chi connectivity index (χ0n) is 11.9. The second-order valence-corrected chi connectivity index (χ2v) is 4.94. The van der Waals surface area contributed by atoms with Crippen molar-refractivity contribution in [3.05, 3.63) is 23.5 Å². The molecule has 2 heterocycles. The molecule has 4 nitrogen and oxygen atoms in total. The second-order valence-electron chi connectivity index (χ2n) is 4.94. The van der Waals surface area contributed by atoms with Crippen LogP contribution in [0.1, 0.15) is 31.2 Å². The van der Waals surface area contributed by atoms with Gasteiger partial charge in [-0.25, -0.2) is 0 Å². The number of aromatic nitrogens is 1. The fourth-order valence-electron chi connectivity index (χ4n) is 2.31. The Kier molecular flexibility index (Phi) is 5.61. The van der Waals surface area contributed by atoms with Crippen LogP contribution in [0.15, 0.2) is 12.1 Å². The van der Waals surface area contributed by atoms with Gasteiger partial charge in [0, 0.05) is 31.5 Å². The lowest BCUT2D eigenvalue weighted by Gasteiger charge is -2.23. The second kappa shape index (κ2) is 7.46. The molecule has 0 aliphatic carbocycles. The minimum Gasteiger partial charge on any atom is -0.490 e. The van der Waals surface area contributed by atoms with Gasteiger partial charge >= 0.3 is 0 Å². The topological polar surface area (TPSA) is 43.4 Å². The highest BCUT2D eigenvalue weighted by molar-refractivity contribution is 5.29. The Morgan fingerprint density at radius 2 is 2.16 bits per heavy atom. The van der Waals surface area contributed by atoms with E-state index in [9.17, 15) is 0 Å². The fraction of sp³-hybridized carbons (Fsp3) is 0.667. The Balaban J connectivity index is 1.73. The minimum atomic E-state index is 0.583. The molecule has 1 aliphatic rings. The number of aryl methyl sites for hydroxylation is 2. The number of nitrogens with one attached hydrogen (secondary N) is 1. The summed E-state index contributed by atoms with van der Waals surface area (Å²) < 4.78 is 11.2. The third-order valence-electron chi connectivity index (χ3n) is 3.42. The van der Waals surface area contributed by atoms with Gasteiger partial charge in [-0.05, 0) is 38.3 Å². The zero-order valence-corrected chi connectivity index (χ0v) is 11.9. The van der Waals surface area contributed by atoms with Gasteiger partial charge < -0.3 is 14.8 Å². The summed E-state index contributed by atoms with van der Waals surface area (Å²) in [5.74, 6) is 0.918. The molecule has 4 heteroatoms. The number of pyridine rings is 1. The summed E-state index contributed by atoms with van der Waals surface area (Å²) in [7, 11) is 0. The van der Waals surface area contributed by atoms with Crippen LogP contribution < -0.4 is 10.1 Å². The molecule has 1 aromatic rings. The summed E-state index contributed by atoms with van der Waals surface area (Å²) in [6.45, 7) is 7.43. The van der Waals surface area contributed by atoms with E-state index in [1.54, 1.807) is 0 Å². The van der Waals surface area contributed by atoms with Crippen molar-refractivity contribution >= 4 is 0 Å². The maximum Gasteiger partial charge on any atom is 0.140 e. The maximum atomic E-state index is 5.82. The van der Waals surface area contributed by atoms with Gasteiger partial charge in [-0.2, -0.15) is 0 Å². The predicted molar refractivity (Wildman–Crippen MR) is 75.7 cm³/mol. The lowest BCUT2D eigenvalue weighted by Crippen LogP contribution is -2.37. The molecule has 0 amide bonds. The number of rotatable bonds is 6. The van der Waals surface area contributed by atoms with Crippen molar-refractivity contribution in [3.63, 3.8) is 0 Å². The van der Waals surface area contributed by atoms with Gasteiger partial charge in [0.15, 0.2) is 0 Å². The first kappa shape index (κ1) is 14.3. The molecule has 19 heavy (non-hydrogen) atoms. The number of hydrogen-bond acceptors (Lipinski definition) is 4. The highest BCUT2D eigenvalue weighted by atomic mass is 16.5. The van der Waals surface area contributed by atoms with E-state index in [4.69, 9.17) is 9.47 Å². The van der Waals surface area contributed by atoms with E-state index >= 15 is 0 Å². The van der Waals surface area contributed by atoms with E-state index in [-0.39, 0.29) is 0 Å². The van der Waals surface area contributed by atoms with E-state index in [0.29, 0.717) is 12.6 Å². The van der Waals surface area contributed by atoms with Gasteiger partial charge in [0.25, 0.3) is 0 Å². The molecule has 106 valence electrons. The summed E-state index contributed by atoms with van der Waals surface area (Å²) in [4.78, 5) is 4.50. The van der Waals surface area contributed by atoms with Crippen molar-refractivity contribution < 1.29 is 9.47 Å². The van der Waals surface area contributed by atoms with Crippen LogP contribution in [0.4, 0.5) is 0 Å². The van der Waals surface area contributed by atoms with Gasteiger partial charge in [-0.15, -0.1) is 0 Å². The van der Waals surface area contributed by atoms with E-state index in [0.717, 1.165) is 56.2 Å². The normalized spacial score (nSPS) is 16.5. The number of nitrogens with zero attached hydrogens (tertiary/aromatic N) is 1. The molecule has 2 rings (SSSR count). The van der Waals surface area contributed by atoms with Crippen LogP contribution >= 0.6 is 0 Å². The summed E-state index contributed by atoms with van der Waals surface area (Å²) in [5, 5.41) is 3.52. The molecule has 0 unspecified atom stereocenters. The summed E-state index contributed by atoms with van der Waals surface area (Å²) in [6, 6.07) is 4.61. The molecular weight excluding hydrogens is 240 g/mol. The van der Waals surface area contributed by atoms with Gasteiger partial charge in [0.2, 0.25) is 0 Å². The number of ether oxygens (including phenoxy) is 2. The maximum absolute atomic E-state index is 5.82. The van der Waals surface area contributed by atoms with E-state index in [1.165, 1.54) is 0 Å². The Hall–Kier alpha value is -1.13. The molecule has 1 fully saturated rings. The van der Waals surface area contributed by atoms with Crippen LogP contribution in [0, 0.1) is 6.92 Å². The van der Waals surface area contributed by atoms with Crippen LogP contribution in [0.2, 0.25) is 0 Å². The molecule has 1 aromatic heterocycles. The molecule has 1 aliphatic heterocycles. The summed E-state index contributed by atoms with van der Waals surface area (Å²) in [6.07, 6.45) is 3.11. The van der Waals surface area contributed by atoms with Crippen molar-refractivity contribution in [3.8, 4) is 5.75 Å². The number of hydrogen-bond donors (Lipinski definition) is 1. The van der Waals surface area contributed by atoms with E-state index < -0.39 is 0 Å². The molecule has 1 saturated heterocycles. The van der Waals surface area contributed by atoms with Gasteiger partial charge in [-0.1, -0.05) is 6.92 Å². The van der Waals surface area contributed by atoms with E-state index in [2.05, 4.69) is 17.2 Å². The highest BCUT2D eigenvalue weighted by Gasteiger charge is 2.12. The largest absolute Gasteiger partial charge is 0.490 e. The first-order valence-corrected chi connectivity index (χ1v) is 7.20. The first-order chi connectivity index (χ1) is 9.29. The lowest BCUT2D eigenvalue weighted by atomic mass is 10.1. The molecule has 0 radical (unpaired) electrons. The zero-order chi connectivity index (χ0) is 13.5. The van der Waals surface area contributed by atoms with Crippen LogP contribution in [-0.2, 0) is 11.2 Å². The van der Waals surface area contributed by atoms with Gasteiger partial charge in [0.05, 0.1) is 5.69 Å². The molecule has 0 aromatic carbocycles. The molecular formula is C15H24N2O2. The smallest absolute Gasteiger partial charge is 0.140 e. The standard InChI is InChI=1S/C15H24N2O2/c1-3-14-15(5-4-12(2)17-14)19-11-8-16-13-6-9-18-10-7-13/h4-5,13,16H,3,6-11H2,1-2H3. The van der Waals surface area contributed by atoms with Crippen molar-refractivity contribution in [1.82, 2.24) is 10.3 Å². The molecule has 0 spiro atoms. The van der Waals surface area contributed by atoms with E-state index in [1.807, 2.05) is 19.1 Å². The average molecular weight is 264 g/mol. The molecule has 0 bridgehead atoms. The quantitative estimate of drug-likeness (QED) is 0.799. The molecule has 1 N–H and O–H groups in total. The van der Waals surface area contributed by atoms with Crippen LogP contribution in [-0.4, -0.2) is 37.4 Å². The predicted octanol–water partition coefficient (Wildman–Crippen LogP) is 2.10. The van der Waals surface area contributed by atoms with Gasteiger partial charge in [-0.3, -0.25) is 4.98 Å². The Labute approximate surface area is 115 Å². The monoisotopic (exact) mass is 264 g/mol. The molecule has 0 atom stereocenters. The minimum absolute atomic E-state index is 0.583. The third-order valence-corrected chi connectivity index (χ3v) is 3.42. The SMILES string of the molecule is CCc1nc(C)ccc1OCCNC1CCOCC1. The van der Waals surface area contributed by atoms with Crippen LogP contribution in [0.3, 0.4) is 0 Å². The third kappa shape index (κ3) is 4.48. The summed E-state index contributed by atoms with van der Waals surface area (Å²) in [5.41, 5.74) is 2.09. The lowest BCUT2D eigenvalue weighted by molar-refractivity contribution is 0.0770. The van der Waals surface area contributed by atoms with Crippen LogP contribution in [0.25, 0.3) is 0 Å². The van der Waals surface area contributed by atoms with Crippen LogP contribution in [0.5, 0.6) is 5.75 Å². The van der Waals surface area contributed by atoms with Crippen molar-refractivity contribution in [2.45, 2.75) is 39.2 Å². The highest BCUT2D eigenvalue weighted by Crippen LogP contribution is 2.17. The Bertz CT molecular complexity index is 390. The fourth-order valence-corrected chi connectivity index (χ4v) is 2.31. The first-order valence-electron chi connectivity index (χ1n) is 7.20. The summed E-state index contributed by atoms with van der Waals surface area (Å²) >= 11 is 0.